The molecule has 1 unspecified atom stereocenters. The molecule has 1 N–H and O–H groups in total. The van der Waals surface area contributed by atoms with Crippen LogP contribution in [0.3, 0.4) is 0 Å². The molecular formula is C13H18N2O3. The van der Waals surface area contributed by atoms with Gasteiger partial charge in [-0.05, 0) is 37.3 Å². The summed E-state index contributed by atoms with van der Waals surface area (Å²) in [4.78, 5) is 10.7. The lowest BCUT2D eigenvalue weighted by atomic mass is 10.0. The van der Waals surface area contributed by atoms with Crippen molar-refractivity contribution in [3.05, 3.63) is 28.3 Å². The van der Waals surface area contributed by atoms with Crippen LogP contribution in [0.4, 0.5) is 11.4 Å². The third-order valence-corrected chi connectivity index (χ3v) is 3.86. The number of nitrogens with one attached hydrogen (secondary N) is 1. The smallest absolute Gasteiger partial charge is 0.296 e. The maximum absolute atomic E-state index is 11.0. The highest BCUT2D eigenvalue weighted by molar-refractivity contribution is 5.64. The quantitative estimate of drug-likeness (QED) is 0.643. The monoisotopic (exact) mass is 250 g/mol. The van der Waals surface area contributed by atoms with Gasteiger partial charge in [0.25, 0.3) is 5.69 Å². The number of nitro benzene ring substituents is 1. The molecule has 2 rings (SSSR count). The van der Waals surface area contributed by atoms with Gasteiger partial charge < -0.3 is 10.1 Å². The van der Waals surface area contributed by atoms with Crippen LogP contribution in [0, 0.1) is 15.5 Å². The fourth-order valence-electron chi connectivity index (χ4n) is 1.95. The van der Waals surface area contributed by atoms with Crippen LogP contribution < -0.4 is 10.1 Å². The van der Waals surface area contributed by atoms with Gasteiger partial charge in [-0.3, -0.25) is 10.1 Å². The van der Waals surface area contributed by atoms with Crippen molar-refractivity contribution in [3.63, 3.8) is 0 Å². The second-order valence-corrected chi connectivity index (χ2v) is 5.16. The lowest BCUT2D eigenvalue weighted by molar-refractivity contribution is -0.384. The second kappa shape index (κ2) is 4.48. The van der Waals surface area contributed by atoms with E-state index >= 15 is 0 Å². The highest BCUT2D eigenvalue weighted by atomic mass is 16.6. The molecule has 1 saturated carbocycles. The van der Waals surface area contributed by atoms with Crippen LogP contribution in [0.2, 0.25) is 0 Å². The van der Waals surface area contributed by atoms with E-state index in [0.29, 0.717) is 11.4 Å². The summed E-state index contributed by atoms with van der Waals surface area (Å²) in [6.45, 7) is 4.26. The Morgan fingerprint density at radius 1 is 1.50 bits per heavy atom. The molecule has 0 aromatic heterocycles. The first-order valence-electron chi connectivity index (χ1n) is 6.05. The maximum Gasteiger partial charge on any atom is 0.296 e. The van der Waals surface area contributed by atoms with Gasteiger partial charge in [0, 0.05) is 6.04 Å². The first-order chi connectivity index (χ1) is 8.46. The van der Waals surface area contributed by atoms with Crippen LogP contribution in [0.1, 0.15) is 26.7 Å². The lowest BCUT2D eigenvalue weighted by Gasteiger charge is -2.21. The summed E-state index contributed by atoms with van der Waals surface area (Å²) in [5.74, 6) is 0.498. The summed E-state index contributed by atoms with van der Waals surface area (Å²) in [5, 5.41) is 14.3. The van der Waals surface area contributed by atoms with Crippen LogP contribution in [0.25, 0.3) is 0 Å². The number of hydrogen-bond acceptors (Lipinski definition) is 4. The highest BCUT2D eigenvalue weighted by Gasteiger charge is 2.42. The fourth-order valence-corrected chi connectivity index (χ4v) is 1.95. The minimum absolute atomic E-state index is 0.0606. The average molecular weight is 250 g/mol. The molecule has 1 aliphatic rings. The Hall–Kier alpha value is -1.78. The van der Waals surface area contributed by atoms with Crippen LogP contribution in [0.5, 0.6) is 5.75 Å². The third kappa shape index (κ3) is 2.39. The molecule has 0 amide bonds. The Morgan fingerprint density at radius 2 is 2.17 bits per heavy atom. The SMILES string of the molecule is COc1ccc(NC(C)C2(C)CC2)c([N+](=O)[O-])c1. The van der Waals surface area contributed by atoms with Crippen molar-refractivity contribution in [2.75, 3.05) is 12.4 Å². The van der Waals surface area contributed by atoms with E-state index in [-0.39, 0.29) is 22.1 Å². The standard InChI is InChI=1S/C13H18N2O3/c1-9(13(2)6-7-13)14-11-5-4-10(18-3)8-12(11)15(16)17/h4-5,8-9,14H,6-7H2,1-3H3. The maximum atomic E-state index is 11.0. The number of methoxy groups -OCH3 is 1. The van der Waals surface area contributed by atoms with Gasteiger partial charge in [0.15, 0.2) is 0 Å². The molecule has 1 aromatic carbocycles. The number of hydrogen-bond donors (Lipinski definition) is 1. The number of benzene rings is 1. The summed E-state index contributed by atoms with van der Waals surface area (Å²) in [5.41, 5.74) is 0.889. The molecule has 0 spiro atoms. The Kier molecular flexibility index (Phi) is 3.15. The molecule has 0 heterocycles. The molecule has 0 radical (unpaired) electrons. The summed E-state index contributed by atoms with van der Waals surface area (Å²) in [7, 11) is 1.50. The van der Waals surface area contributed by atoms with E-state index in [0.717, 1.165) is 0 Å². The molecule has 0 saturated heterocycles. The van der Waals surface area contributed by atoms with Gasteiger partial charge in [-0.25, -0.2) is 0 Å². The Bertz CT molecular complexity index is 469. The summed E-state index contributed by atoms with van der Waals surface area (Å²) < 4.78 is 5.01. The number of anilines is 1. The Morgan fingerprint density at radius 3 is 2.67 bits per heavy atom. The largest absolute Gasteiger partial charge is 0.496 e. The van der Waals surface area contributed by atoms with E-state index in [4.69, 9.17) is 4.74 Å². The van der Waals surface area contributed by atoms with E-state index in [1.807, 2.05) is 0 Å². The van der Waals surface area contributed by atoms with Gasteiger partial charge in [-0.1, -0.05) is 6.92 Å². The Labute approximate surface area is 106 Å². The van der Waals surface area contributed by atoms with Crippen molar-refractivity contribution in [3.8, 4) is 5.75 Å². The van der Waals surface area contributed by atoms with Gasteiger partial charge in [-0.15, -0.1) is 0 Å². The average Bonchev–Trinajstić information content (AvgIpc) is 3.09. The van der Waals surface area contributed by atoms with Crippen molar-refractivity contribution in [2.45, 2.75) is 32.7 Å². The van der Waals surface area contributed by atoms with Gasteiger partial charge in [0.2, 0.25) is 0 Å². The molecule has 1 aromatic rings. The zero-order valence-electron chi connectivity index (χ0n) is 10.9. The second-order valence-electron chi connectivity index (χ2n) is 5.16. The van der Waals surface area contributed by atoms with E-state index < -0.39 is 0 Å². The number of nitro groups is 1. The van der Waals surface area contributed by atoms with Gasteiger partial charge >= 0.3 is 0 Å². The molecule has 1 atom stereocenters. The van der Waals surface area contributed by atoms with Crippen molar-refractivity contribution in [1.29, 1.82) is 0 Å². The predicted octanol–water partition coefficient (Wildman–Crippen LogP) is 3.20. The molecule has 98 valence electrons. The normalized spacial score (nSPS) is 17.9. The highest BCUT2D eigenvalue weighted by Crippen LogP contribution is 2.49. The lowest BCUT2D eigenvalue weighted by Crippen LogP contribution is -2.25. The van der Waals surface area contributed by atoms with E-state index in [1.165, 1.54) is 26.0 Å². The molecule has 1 aliphatic carbocycles. The first-order valence-corrected chi connectivity index (χ1v) is 6.05. The van der Waals surface area contributed by atoms with Crippen molar-refractivity contribution in [1.82, 2.24) is 0 Å². The molecule has 5 nitrogen and oxygen atoms in total. The van der Waals surface area contributed by atoms with Crippen LogP contribution in [-0.2, 0) is 0 Å². The molecule has 0 aliphatic heterocycles. The van der Waals surface area contributed by atoms with Crippen LogP contribution in [0.15, 0.2) is 18.2 Å². The van der Waals surface area contributed by atoms with E-state index in [1.54, 1.807) is 12.1 Å². The van der Waals surface area contributed by atoms with Crippen molar-refractivity contribution >= 4 is 11.4 Å². The van der Waals surface area contributed by atoms with Gasteiger partial charge in [0.1, 0.15) is 11.4 Å². The molecule has 18 heavy (non-hydrogen) atoms. The third-order valence-electron chi connectivity index (χ3n) is 3.86. The van der Waals surface area contributed by atoms with Crippen molar-refractivity contribution < 1.29 is 9.66 Å². The van der Waals surface area contributed by atoms with Gasteiger partial charge in [-0.2, -0.15) is 0 Å². The predicted molar refractivity (Wildman–Crippen MR) is 70.1 cm³/mol. The fraction of sp³-hybridized carbons (Fsp3) is 0.538. The van der Waals surface area contributed by atoms with Gasteiger partial charge in [0.05, 0.1) is 18.1 Å². The van der Waals surface area contributed by atoms with Crippen LogP contribution in [-0.4, -0.2) is 18.1 Å². The van der Waals surface area contributed by atoms with Crippen molar-refractivity contribution in [2.24, 2.45) is 5.41 Å². The first kappa shape index (κ1) is 12.7. The van der Waals surface area contributed by atoms with E-state index in [2.05, 4.69) is 19.2 Å². The molecule has 5 heteroatoms. The number of nitrogens with zero attached hydrogens (tertiary/aromatic N) is 1. The molecule has 1 fully saturated rings. The molecule has 0 bridgehead atoms. The summed E-state index contributed by atoms with van der Waals surface area (Å²) in [6, 6.07) is 5.12. The number of ether oxygens (including phenoxy) is 1. The molecular weight excluding hydrogens is 232 g/mol. The van der Waals surface area contributed by atoms with Crippen LogP contribution >= 0.6 is 0 Å². The zero-order valence-corrected chi connectivity index (χ0v) is 10.9. The minimum Gasteiger partial charge on any atom is -0.496 e. The zero-order chi connectivity index (χ0) is 13.3. The topological polar surface area (TPSA) is 64.4 Å². The Balaban J connectivity index is 2.23. The minimum atomic E-state index is -0.382. The van der Waals surface area contributed by atoms with E-state index in [9.17, 15) is 10.1 Å². The summed E-state index contributed by atoms with van der Waals surface area (Å²) in [6.07, 6.45) is 2.34. The number of rotatable bonds is 5. The summed E-state index contributed by atoms with van der Waals surface area (Å²) >= 11 is 0.